The third kappa shape index (κ3) is 3.02. The molecule has 100 valence electrons. The lowest BCUT2D eigenvalue weighted by atomic mass is 10.1. The Hall–Kier alpha value is -2.10. The summed E-state index contributed by atoms with van der Waals surface area (Å²) in [6.07, 6.45) is 1.74. The van der Waals surface area contributed by atoms with Crippen molar-refractivity contribution in [1.82, 2.24) is 4.57 Å². The van der Waals surface area contributed by atoms with Gasteiger partial charge in [0.15, 0.2) is 0 Å². The summed E-state index contributed by atoms with van der Waals surface area (Å²) in [5.74, 6) is 0.701. The van der Waals surface area contributed by atoms with Crippen LogP contribution >= 0.6 is 0 Å². The molecule has 0 spiro atoms. The molecule has 0 aliphatic heterocycles. The van der Waals surface area contributed by atoms with E-state index in [1.54, 1.807) is 18.3 Å². The summed E-state index contributed by atoms with van der Waals surface area (Å²) in [4.78, 5) is 23.3. The lowest BCUT2D eigenvalue weighted by Crippen LogP contribution is -2.22. The van der Waals surface area contributed by atoms with Gasteiger partial charge in [-0.15, -0.1) is 0 Å². The first-order valence-corrected chi connectivity index (χ1v) is 6.26. The topological polar surface area (TPSA) is 48.3 Å². The molecule has 4 nitrogen and oxygen atoms in total. The molecular weight excluding hydrogens is 242 g/mol. The van der Waals surface area contributed by atoms with E-state index >= 15 is 0 Å². The SMILES string of the molecule is CC(=O)Cn1ccc2cc(OC(C)C)ccc2c1=O. The van der Waals surface area contributed by atoms with Crippen LogP contribution in [0.2, 0.25) is 0 Å². The second-order valence-electron chi connectivity index (χ2n) is 4.87. The van der Waals surface area contributed by atoms with E-state index in [9.17, 15) is 9.59 Å². The predicted molar refractivity (Wildman–Crippen MR) is 74.7 cm³/mol. The van der Waals surface area contributed by atoms with Crippen LogP contribution in [0.1, 0.15) is 20.8 Å². The summed E-state index contributed by atoms with van der Waals surface area (Å²) in [6, 6.07) is 7.19. The molecule has 4 heteroatoms. The molecule has 0 saturated carbocycles. The average Bonchev–Trinajstić information content (AvgIpc) is 2.31. The van der Waals surface area contributed by atoms with Crippen LogP contribution in [-0.2, 0) is 11.3 Å². The summed E-state index contributed by atoms with van der Waals surface area (Å²) in [5, 5.41) is 1.42. The maximum Gasteiger partial charge on any atom is 0.258 e. The predicted octanol–water partition coefficient (Wildman–Crippen LogP) is 2.38. The summed E-state index contributed by atoms with van der Waals surface area (Å²) < 4.78 is 7.02. The normalized spacial score (nSPS) is 10.9. The molecule has 0 fully saturated rings. The van der Waals surface area contributed by atoms with Crippen molar-refractivity contribution in [3.05, 3.63) is 40.8 Å². The standard InChI is InChI=1S/C15H17NO3/c1-10(2)19-13-4-5-14-12(8-13)6-7-16(15(14)18)9-11(3)17/h4-8,10H,9H2,1-3H3. The second-order valence-corrected chi connectivity index (χ2v) is 4.87. The van der Waals surface area contributed by atoms with Crippen LogP contribution in [0.15, 0.2) is 35.3 Å². The van der Waals surface area contributed by atoms with E-state index in [0.29, 0.717) is 5.39 Å². The zero-order valence-corrected chi connectivity index (χ0v) is 11.3. The second kappa shape index (κ2) is 5.26. The van der Waals surface area contributed by atoms with E-state index in [2.05, 4.69) is 0 Å². The molecule has 1 aromatic carbocycles. The molecule has 0 amide bonds. The molecule has 0 aliphatic carbocycles. The van der Waals surface area contributed by atoms with Crippen LogP contribution in [0.25, 0.3) is 10.8 Å². The van der Waals surface area contributed by atoms with Crippen molar-refractivity contribution < 1.29 is 9.53 Å². The first-order valence-electron chi connectivity index (χ1n) is 6.26. The molecule has 1 aromatic heterocycles. The molecule has 0 N–H and O–H groups in total. The lowest BCUT2D eigenvalue weighted by molar-refractivity contribution is -0.117. The highest BCUT2D eigenvalue weighted by atomic mass is 16.5. The first kappa shape index (κ1) is 13.3. The minimum Gasteiger partial charge on any atom is -0.491 e. The molecule has 0 radical (unpaired) electrons. The van der Waals surface area contributed by atoms with E-state index in [-0.39, 0.29) is 24.0 Å². The van der Waals surface area contributed by atoms with Gasteiger partial charge in [-0.05, 0) is 50.4 Å². The van der Waals surface area contributed by atoms with Crippen LogP contribution in [0.4, 0.5) is 0 Å². The Balaban J connectivity index is 2.47. The Bertz CT molecular complexity index is 671. The van der Waals surface area contributed by atoms with Crippen molar-refractivity contribution in [1.29, 1.82) is 0 Å². The van der Waals surface area contributed by atoms with Crippen LogP contribution in [0, 0.1) is 0 Å². The number of benzene rings is 1. The van der Waals surface area contributed by atoms with Gasteiger partial charge in [0.2, 0.25) is 0 Å². The molecule has 0 bridgehead atoms. The minimum atomic E-state index is -0.149. The van der Waals surface area contributed by atoms with Gasteiger partial charge in [-0.3, -0.25) is 9.59 Å². The molecule has 0 unspecified atom stereocenters. The number of pyridine rings is 1. The van der Waals surface area contributed by atoms with Gasteiger partial charge in [0.1, 0.15) is 11.5 Å². The molecule has 19 heavy (non-hydrogen) atoms. The molecule has 0 aliphatic rings. The fourth-order valence-electron chi connectivity index (χ4n) is 1.98. The Morgan fingerprint density at radius 1 is 1.32 bits per heavy atom. The largest absolute Gasteiger partial charge is 0.491 e. The summed E-state index contributed by atoms with van der Waals surface area (Å²) in [7, 11) is 0. The maximum atomic E-state index is 12.2. The first-order chi connectivity index (χ1) is 8.97. The van der Waals surface area contributed by atoms with Gasteiger partial charge in [-0.25, -0.2) is 0 Å². The van der Waals surface area contributed by atoms with Gasteiger partial charge in [-0.2, -0.15) is 0 Å². The van der Waals surface area contributed by atoms with E-state index in [0.717, 1.165) is 11.1 Å². The van der Waals surface area contributed by atoms with Crippen molar-refractivity contribution in [2.24, 2.45) is 0 Å². The van der Waals surface area contributed by atoms with Crippen molar-refractivity contribution in [3.63, 3.8) is 0 Å². The summed E-state index contributed by atoms with van der Waals surface area (Å²) in [5.41, 5.74) is -0.149. The Labute approximate surface area is 111 Å². The van der Waals surface area contributed by atoms with E-state index in [4.69, 9.17) is 4.74 Å². The Morgan fingerprint density at radius 3 is 2.68 bits per heavy atom. The quantitative estimate of drug-likeness (QED) is 0.847. The number of ether oxygens (including phenoxy) is 1. The molecular formula is C15H17NO3. The van der Waals surface area contributed by atoms with Gasteiger partial charge in [0.25, 0.3) is 5.56 Å². The van der Waals surface area contributed by atoms with E-state index in [1.165, 1.54) is 11.5 Å². The van der Waals surface area contributed by atoms with Crippen molar-refractivity contribution in [2.75, 3.05) is 0 Å². The number of hydrogen-bond donors (Lipinski definition) is 0. The van der Waals surface area contributed by atoms with Gasteiger partial charge in [0, 0.05) is 11.6 Å². The third-order valence-corrected chi connectivity index (χ3v) is 2.71. The summed E-state index contributed by atoms with van der Waals surface area (Å²) >= 11 is 0. The number of carbonyl (C=O) groups excluding carboxylic acids is 1. The zero-order chi connectivity index (χ0) is 14.0. The fraction of sp³-hybridized carbons (Fsp3) is 0.333. The molecule has 1 heterocycles. The highest BCUT2D eigenvalue weighted by Gasteiger charge is 2.06. The van der Waals surface area contributed by atoms with Crippen molar-refractivity contribution >= 4 is 16.6 Å². The van der Waals surface area contributed by atoms with Gasteiger partial charge < -0.3 is 9.30 Å². The highest BCUT2D eigenvalue weighted by Crippen LogP contribution is 2.19. The Morgan fingerprint density at radius 2 is 2.05 bits per heavy atom. The van der Waals surface area contributed by atoms with E-state index < -0.39 is 0 Å². The number of fused-ring (bicyclic) bond motifs is 1. The van der Waals surface area contributed by atoms with Crippen LogP contribution in [-0.4, -0.2) is 16.5 Å². The number of hydrogen-bond acceptors (Lipinski definition) is 3. The number of rotatable bonds is 4. The summed E-state index contributed by atoms with van der Waals surface area (Å²) in [6.45, 7) is 5.49. The maximum absolute atomic E-state index is 12.2. The number of ketones is 1. The van der Waals surface area contributed by atoms with Gasteiger partial charge >= 0.3 is 0 Å². The zero-order valence-electron chi connectivity index (χ0n) is 11.3. The van der Waals surface area contributed by atoms with Crippen molar-refractivity contribution in [2.45, 2.75) is 33.4 Å². The minimum absolute atomic E-state index is 0.0405. The number of Topliss-reactive ketones (excluding diaryl/α,β-unsaturated/α-hetero) is 1. The van der Waals surface area contributed by atoms with Crippen LogP contribution < -0.4 is 10.3 Å². The van der Waals surface area contributed by atoms with Crippen molar-refractivity contribution in [3.8, 4) is 5.75 Å². The molecule has 2 rings (SSSR count). The Kier molecular flexibility index (Phi) is 3.69. The number of carbonyl (C=O) groups is 1. The third-order valence-electron chi connectivity index (χ3n) is 2.71. The smallest absolute Gasteiger partial charge is 0.258 e. The van der Waals surface area contributed by atoms with Gasteiger partial charge in [-0.1, -0.05) is 0 Å². The lowest BCUT2D eigenvalue weighted by Gasteiger charge is -2.11. The van der Waals surface area contributed by atoms with Crippen LogP contribution in [0.3, 0.4) is 0 Å². The molecule has 2 aromatic rings. The molecule has 0 atom stereocenters. The number of aromatic nitrogens is 1. The van der Waals surface area contributed by atoms with Crippen LogP contribution in [0.5, 0.6) is 5.75 Å². The van der Waals surface area contributed by atoms with Gasteiger partial charge in [0.05, 0.1) is 12.6 Å². The highest BCUT2D eigenvalue weighted by molar-refractivity contribution is 5.83. The molecule has 0 saturated heterocycles. The monoisotopic (exact) mass is 259 g/mol. The average molecular weight is 259 g/mol. The van der Waals surface area contributed by atoms with E-state index in [1.807, 2.05) is 26.0 Å². The number of nitrogens with zero attached hydrogens (tertiary/aromatic N) is 1. The fourth-order valence-corrected chi connectivity index (χ4v) is 1.98.